The van der Waals surface area contributed by atoms with Crippen molar-refractivity contribution in [1.82, 2.24) is 9.97 Å². The lowest BCUT2D eigenvalue weighted by Crippen LogP contribution is -1.93. The lowest BCUT2D eigenvalue weighted by Gasteiger charge is -2.05. The van der Waals surface area contributed by atoms with Crippen LogP contribution in [-0.4, -0.2) is 15.8 Å². The van der Waals surface area contributed by atoms with Gasteiger partial charge in [-0.25, -0.2) is 9.97 Å². The molecule has 0 bridgehead atoms. The molecule has 0 N–H and O–H groups in total. The van der Waals surface area contributed by atoms with Crippen molar-refractivity contribution in [1.29, 1.82) is 0 Å². The summed E-state index contributed by atoms with van der Waals surface area (Å²) in [6.45, 7) is 3.33. The first kappa shape index (κ1) is 11.3. The molecule has 2 rings (SSSR count). The van der Waals surface area contributed by atoms with E-state index in [1.807, 2.05) is 0 Å². The standard InChI is InChI=1S/C13H12N2O2/c1-9(16)11-4-3-5-12(6-11)17-13-7-14-10(2)15-8-13/h3-8H,1-2H3. The van der Waals surface area contributed by atoms with Crippen molar-refractivity contribution >= 4 is 5.78 Å². The number of hydrogen-bond acceptors (Lipinski definition) is 4. The SMILES string of the molecule is CC(=O)c1cccc(Oc2cnc(C)nc2)c1. The van der Waals surface area contributed by atoms with E-state index < -0.39 is 0 Å². The summed E-state index contributed by atoms with van der Waals surface area (Å²) in [5.41, 5.74) is 0.621. The Morgan fingerprint density at radius 1 is 1.18 bits per heavy atom. The molecule has 0 atom stereocenters. The van der Waals surface area contributed by atoms with Gasteiger partial charge in [0.2, 0.25) is 0 Å². The predicted molar refractivity (Wildman–Crippen MR) is 63.3 cm³/mol. The number of benzene rings is 1. The Hall–Kier alpha value is -2.23. The molecule has 0 saturated heterocycles. The first-order valence-electron chi connectivity index (χ1n) is 5.22. The minimum atomic E-state index is 0.00982. The highest BCUT2D eigenvalue weighted by Crippen LogP contribution is 2.20. The fourth-order valence-corrected chi connectivity index (χ4v) is 1.35. The number of aryl methyl sites for hydroxylation is 1. The zero-order valence-corrected chi connectivity index (χ0v) is 9.68. The van der Waals surface area contributed by atoms with Crippen molar-refractivity contribution in [2.45, 2.75) is 13.8 Å². The van der Waals surface area contributed by atoms with Crippen LogP contribution in [-0.2, 0) is 0 Å². The molecule has 4 heteroatoms. The molecular weight excluding hydrogens is 216 g/mol. The van der Waals surface area contributed by atoms with Crippen LogP contribution in [0.1, 0.15) is 23.1 Å². The van der Waals surface area contributed by atoms with Gasteiger partial charge in [-0.3, -0.25) is 4.79 Å². The van der Waals surface area contributed by atoms with Crippen LogP contribution in [0.2, 0.25) is 0 Å². The van der Waals surface area contributed by atoms with Crippen LogP contribution in [0.4, 0.5) is 0 Å². The molecule has 0 saturated carbocycles. The van der Waals surface area contributed by atoms with Crippen LogP contribution in [0.15, 0.2) is 36.7 Å². The van der Waals surface area contributed by atoms with Crippen LogP contribution in [0.5, 0.6) is 11.5 Å². The summed E-state index contributed by atoms with van der Waals surface area (Å²) in [6, 6.07) is 7.01. The molecular formula is C13H12N2O2. The predicted octanol–water partition coefficient (Wildman–Crippen LogP) is 2.78. The van der Waals surface area contributed by atoms with Crippen LogP contribution in [0, 0.1) is 6.92 Å². The Bertz CT molecular complexity index is 535. The number of ketones is 1. The van der Waals surface area contributed by atoms with Crippen molar-refractivity contribution in [3.05, 3.63) is 48.0 Å². The van der Waals surface area contributed by atoms with Crippen LogP contribution < -0.4 is 4.74 Å². The fourth-order valence-electron chi connectivity index (χ4n) is 1.35. The molecule has 1 aromatic heterocycles. The molecule has 4 nitrogen and oxygen atoms in total. The quantitative estimate of drug-likeness (QED) is 0.758. The molecule has 2 aromatic rings. The molecule has 1 aromatic carbocycles. The van der Waals surface area contributed by atoms with E-state index in [4.69, 9.17) is 4.74 Å². The Morgan fingerprint density at radius 3 is 2.53 bits per heavy atom. The van der Waals surface area contributed by atoms with Crippen molar-refractivity contribution in [2.75, 3.05) is 0 Å². The highest BCUT2D eigenvalue weighted by atomic mass is 16.5. The van der Waals surface area contributed by atoms with Crippen LogP contribution in [0.25, 0.3) is 0 Å². The number of carbonyl (C=O) groups is 1. The van der Waals surface area contributed by atoms with Crippen molar-refractivity contribution in [3.8, 4) is 11.5 Å². The molecule has 1 heterocycles. The first-order valence-corrected chi connectivity index (χ1v) is 5.22. The van der Waals surface area contributed by atoms with E-state index in [-0.39, 0.29) is 5.78 Å². The van der Waals surface area contributed by atoms with Gasteiger partial charge in [-0.1, -0.05) is 12.1 Å². The normalized spacial score (nSPS) is 10.0. The van der Waals surface area contributed by atoms with E-state index >= 15 is 0 Å². The number of rotatable bonds is 3. The Kier molecular flexibility index (Phi) is 3.14. The third-order valence-corrected chi connectivity index (χ3v) is 2.23. The number of ether oxygens (including phenoxy) is 1. The highest BCUT2D eigenvalue weighted by molar-refractivity contribution is 5.94. The second-order valence-electron chi connectivity index (χ2n) is 3.65. The van der Waals surface area contributed by atoms with Gasteiger partial charge < -0.3 is 4.74 Å². The van der Waals surface area contributed by atoms with Gasteiger partial charge in [-0.15, -0.1) is 0 Å². The number of aromatic nitrogens is 2. The van der Waals surface area contributed by atoms with E-state index in [2.05, 4.69) is 9.97 Å². The molecule has 0 radical (unpaired) electrons. The van der Waals surface area contributed by atoms with Crippen molar-refractivity contribution in [2.24, 2.45) is 0 Å². The summed E-state index contributed by atoms with van der Waals surface area (Å²) in [5.74, 6) is 1.85. The summed E-state index contributed by atoms with van der Waals surface area (Å²) in [6.07, 6.45) is 3.20. The highest BCUT2D eigenvalue weighted by Gasteiger charge is 2.02. The third-order valence-electron chi connectivity index (χ3n) is 2.23. The second kappa shape index (κ2) is 4.74. The summed E-state index contributed by atoms with van der Waals surface area (Å²) in [4.78, 5) is 19.3. The van der Waals surface area contributed by atoms with Gasteiger partial charge >= 0.3 is 0 Å². The van der Waals surface area contributed by atoms with Gasteiger partial charge in [0.25, 0.3) is 0 Å². The zero-order chi connectivity index (χ0) is 12.3. The second-order valence-corrected chi connectivity index (χ2v) is 3.65. The maximum Gasteiger partial charge on any atom is 0.164 e. The third kappa shape index (κ3) is 2.87. The van der Waals surface area contributed by atoms with Crippen molar-refractivity contribution < 1.29 is 9.53 Å². The summed E-state index contributed by atoms with van der Waals surface area (Å²) >= 11 is 0. The van der Waals surface area contributed by atoms with Gasteiger partial charge in [-0.2, -0.15) is 0 Å². The van der Waals surface area contributed by atoms with E-state index in [0.717, 1.165) is 0 Å². The lowest BCUT2D eigenvalue weighted by atomic mass is 10.1. The van der Waals surface area contributed by atoms with E-state index in [0.29, 0.717) is 22.9 Å². The maximum absolute atomic E-state index is 11.2. The molecule has 0 fully saturated rings. The molecule has 0 spiro atoms. The van der Waals surface area contributed by atoms with E-state index in [1.54, 1.807) is 43.6 Å². The molecule has 0 amide bonds. The van der Waals surface area contributed by atoms with Gasteiger partial charge in [0.1, 0.15) is 11.6 Å². The molecule has 0 aliphatic rings. The molecule has 0 aliphatic carbocycles. The van der Waals surface area contributed by atoms with Gasteiger partial charge in [0, 0.05) is 5.56 Å². The van der Waals surface area contributed by atoms with Crippen molar-refractivity contribution in [3.63, 3.8) is 0 Å². The Labute approximate surface area is 99.3 Å². The number of carbonyl (C=O) groups excluding carboxylic acids is 1. The van der Waals surface area contributed by atoms with E-state index in [9.17, 15) is 4.79 Å². The minimum Gasteiger partial charge on any atom is -0.454 e. The minimum absolute atomic E-state index is 0.00982. The number of nitrogens with zero attached hydrogens (tertiary/aromatic N) is 2. The van der Waals surface area contributed by atoms with E-state index in [1.165, 1.54) is 6.92 Å². The number of Topliss-reactive ketones (excluding diaryl/α,β-unsaturated/α-hetero) is 1. The van der Waals surface area contributed by atoms with Crippen LogP contribution in [0.3, 0.4) is 0 Å². The summed E-state index contributed by atoms with van der Waals surface area (Å²) in [5, 5.41) is 0. The van der Waals surface area contributed by atoms with Gasteiger partial charge in [0.05, 0.1) is 12.4 Å². The smallest absolute Gasteiger partial charge is 0.164 e. The topological polar surface area (TPSA) is 52.1 Å². The lowest BCUT2D eigenvalue weighted by molar-refractivity contribution is 0.101. The maximum atomic E-state index is 11.2. The fraction of sp³-hybridized carbons (Fsp3) is 0.154. The summed E-state index contributed by atoms with van der Waals surface area (Å²) < 4.78 is 5.55. The van der Waals surface area contributed by atoms with Crippen LogP contribution >= 0.6 is 0 Å². The van der Waals surface area contributed by atoms with Gasteiger partial charge in [0.15, 0.2) is 11.5 Å². The monoisotopic (exact) mass is 228 g/mol. The molecule has 17 heavy (non-hydrogen) atoms. The Balaban J connectivity index is 2.21. The molecule has 0 aliphatic heterocycles. The average molecular weight is 228 g/mol. The number of hydrogen-bond donors (Lipinski definition) is 0. The molecule has 0 unspecified atom stereocenters. The zero-order valence-electron chi connectivity index (χ0n) is 9.68. The van der Waals surface area contributed by atoms with Gasteiger partial charge in [-0.05, 0) is 26.0 Å². The molecule has 86 valence electrons. The first-order chi connectivity index (χ1) is 8.15. The largest absolute Gasteiger partial charge is 0.454 e. The Morgan fingerprint density at radius 2 is 1.88 bits per heavy atom. The summed E-state index contributed by atoms with van der Waals surface area (Å²) in [7, 11) is 0. The average Bonchev–Trinajstić information content (AvgIpc) is 2.32.